The molecule has 296 valence electrons. The van der Waals surface area contributed by atoms with Gasteiger partial charge in [0.05, 0.1) is 31.4 Å². The van der Waals surface area contributed by atoms with Crippen molar-refractivity contribution in [3.63, 3.8) is 0 Å². The molecule has 0 radical (unpaired) electrons. The summed E-state index contributed by atoms with van der Waals surface area (Å²) in [4.78, 5) is 89.4. The number of nitrogens with two attached hydrogens (primary N) is 2. The third-order valence-corrected chi connectivity index (χ3v) is 7.84. The lowest BCUT2D eigenvalue weighted by atomic mass is 10.1. The Balaban J connectivity index is 1.53. The summed E-state index contributed by atoms with van der Waals surface area (Å²) in [6.45, 7) is 5.98. The molecule has 2 aromatic rings. The number of amides is 5. The standard InChI is InChI=1S/C33H45FN8O12/c1-5-6-7-12-51-32(49)41-26-21(34)14-42(31(48)40-26)30-24(44)25(18(4)53-30)54-33(50)52-15-19-8-10-20(11-9-19)38-29(47)22(13-23(36)43)39-28(46)17(3)37-27(45)16(2)35/h8-11,14,16-18,22,24-25,30,44H,5-7,12-13,15,35H2,1-4H3,(H2,36,43)(H,37,45)(H,38,47)(H,39,46)(H,40,41,48,49)/t16-,17-,18+,22-,24+,25+,30+/m0/s1. The number of primary amides is 1. The molecular formula is C33H45FN8O12. The summed E-state index contributed by atoms with van der Waals surface area (Å²) in [7, 11) is 0. The molecule has 5 amide bonds. The number of aliphatic hydroxyl groups is 1. The maximum Gasteiger partial charge on any atom is 0.509 e. The first-order chi connectivity index (χ1) is 25.5. The number of carbonyl (C=O) groups excluding carboxylic acids is 6. The Kier molecular flexibility index (Phi) is 15.8. The zero-order valence-corrected chi connectivity index (χ0v) is 30.0. The van der Waals surface area contributed by atoms with E-state index in [-0.39, 0.29) is 18.9 Å². The number of hydrogen-bond donors (Lipinski definition) is 7. The van der Waals surface area contributed by atoms with Gasteiger partial charge in [-0.1, -0.05) is 31.9 Å². The van der Waals surface area contributed by atoms with Crippen LogP contribution < -0.4 is 38.4 Å². The Bertz CT molecular complexity index is 1720. The number of ether oxygens (including phenoxy) is 4. The van der Waals surface area contributed by atoms with Crippen LogP contribution in [-0.2, 0) is 44.7 Å². The van der Waals surface area contributed by atoms with E-state index < -0.39 is 102 Å². The molecule has 0 spiro atoms. The molecule has 7 atom stereocenters. The van der Waals surface area contributed by atoms with Crippen molar-refractivity contribution >= 4 is 47.4 Å². The molecule has 21 heteroatoms. The van der Waals surface area contributed by atoms with E-state index >= 15 is 0 Å². The molecule has 2 heterocycles. The van der Waals surface area contributed by atoms with Crippen LogP contribution in [0.15, 0.2) is 35.3 Å². The van der Waals surface area contributed by atoms with E-state index in [4.69, 9.17) is 30.4 Å². The second-order valence-corrected chi connectivity index (χ2v) is 12.4. The highest BCUT2D eigenvalue weighted by molar-refractivity contribution is 6.00. The first kappa shape index (κ1) is 42.7. The molecule has 20 nitrogen and oxygen atoms in total. The van der Waals surface area contributed by atoms with Crippen LogP contribution >= 0.6 is 0 Å². The van der Waals surface area contributed by atoms with Gasteiger partial charge in [0, 0.05) is 5.69 Å². The first-order valence-corrected chi connectivity index (χ1v) is 16.9. The SMILES string of the molecule is CCCCCOC(=O)Nc1nc(=O)n([C@@H]2O[C@H](C)[C@@H](OC(=O)OCc3ccc(NC(=O)[C@H](CC(N)=O)NC(=O)[C@H](C)NC(=O)[C@H](C)N)cc3)[C@H]2O)cc1F. The molecule has 1 saturated heterocycles. The average Bonchev–Trinajstić information content (AvgIpc) is 3.38. The smallest absolute Gasteiger partial charge is 0.449 e. The summed E-state index contributed by atoms with van der Waals surface area (Å²) in [6, 6.07) is 2.54. The Morgan fingerprint density at radius 3 is 2.33 bits per heavy atom. The number of aliphatic hydroxyl groups excluding tert-OH is 1. The maximum absolute atomic E-state index is 14.8. The van der Waals surface area contributed by atoms with E-state index in [1.54, 1.807) is 0 Å². The Hall–Kier alpha value is -5.67. The van der Waals surface area contributed by atoms with Gasteiger partial charge >= 0.3 is 17.9 Å². The van der Waals surface area contributed by atoms with Crippen molar-refractivity contribution in [2.45, 2.75) is 103 Å². The van der Waals surface area contributed by atoms with Gasteiger partial charge in [-0.3, -0.25) is 29.1 Å². The van der Waals surface area contributed by atoms with Crippen molar-refractivity contribution in [1.29, 1.82) is 0 Å². The lowest BCUT2D eigenvalue weighted by Crippen LogP contribution is -2.54. The molecule has 9 N–H and O–H groups in total. The van der Waals surface area contributed by atoms with Gasteiger partial charge in [0.25, 0.3) is 0 Å². The number of unbranched alkanes of at least 4 members (excludes halogenated alkanes) is 2. The first-order valence-electron chi connectivity index (χ1n) is 16.9. The Labute approximate surface area is 308 Å². The monoisotopic (exact) mass is 764 g/mol. The minimum absolute atomic E-state index is 0.0968. The number of aromatic nitrogens is 2. The van der Waals surface area contributed by atoms with Gasteiger partial charge in [-0.25, -0.2) is 18.8 Å². The molecule has 54 heavy (non-hydrogen) atoms. The maximum atomic E-state index is 14.8. The highest BCUT2D eigenvalue weighted by atomic mass is 19.1. The van der Waals surface area contributed by atoms with E-state index in [2.05, 4.69) is 26.3 Å². The lowest BCUT2D eigenvalue weighted by molar-refractivity contribution is -0.131. The minimum atomic E-state index is -1.66. The number of rotatable bonds is 17. The van der Waals surface area contributed by atoms with Gasteiger partial charge in [0.1, 0.15) is 24.8 Å². The summed E-state index contributed by atoms with van der Waals surface area (Å²) in [5, 5.41) is 20.2. The summed E-state index contributed by atoms with van der Waals surface area (Å²) < 4.78 is 36.3. The van der Waals surface area contributed by atoms with E-state index in [0.717, 1.165) is 12.8 Å². The molecular weight excluding hydrogens is 719 g/mol. The molecule has 1 aliphatic heterocycles. The van der Waals surface area contributed by atoms with Crippen LogP contribution in [0.1, 0.15) is 65.2 Å². The Morgan fingerprint density at radius 1 is 1.02 bits per heavy atom. The molecule has 1 aromatic carbocycles. The van der Waals surface area contributed by atoms with Crippen LogP contribution in [0.25, 0.3) is 0 Å². The number of anilines is 2. The van der Waals surface area contributed by atoms with Crippen molar-refractivity contribution in [2.75, 3.05) is 17.2 Å². The second-order valence-electron chi connectivity index (χ2n) is 12.4. The summed E-state index contributed by atoms with van der Waals surface area (Å²) in [5.74, 6) is -4.81. The van der Waals surface area contributed by atoms with E-state index in [0.29, 0.717) is 22.7 Å². The predicted molar refractivity (Wildman–Crippen MR) is 186 cm³/mol. The van der Waals surface area contributed by atoms with Crippen molar-refractivity contribution in [3.8, 4) is 0 Å². The van der Waals surface area contributed by atoms with Crippen LogP contribution in [0.5, 0.6) is 0 Å². The predicted octanol–water partition coefficient (Wildman–Crippen LogP) is 0.272. The fourth-order valence-corrected chi connectivity index (χ4v) is 4.90. The van der Waals surface area contributed by atoms with Gasteiger partial charge < -0.3 is 51.5 Å². The van der Waals surface area contributed by atoms with Crippen LogP contribution in [0.3, 0.4) is 0 Å². The molecule has 0 saturated carbocycles. The molecule has 1 fully saturated rings. The fraction of sp³-hybridized carbons (Fsp3) is 0.515. The number of halogens is 1. The van der Waals surface area contributed by atoms with Gasteiger partial charge in [-0.2, -0.15) is 4.98 Å². The summed E-state index contributed by atoms with van der Waals surface area (Å²) in [6.07, 6.45) is -5.23. The van der Waals surface area contributed by atoms with Crippen molar-refractivity contribution in [3.05, 3.63) is 52.3 Å². The third kappa shape index (κ3) is 12.5. The highest BCUT2D eigenvalue weighted by Gasteiger charge is 2.46. The highest BCUT2D eigenvalue weighted by Crippen LogP contribution is 2.31. The minimum Gasteiger partial charge on any atom is -0.449 e. The fourth-order valence-electron chi connectivity index (χ4n) is 4.90. The normalized spacial score (nSPS) is 19.4. The van der Waals surface area contributed by atoms with Gasteiger partial charge in [0.15, 0.2) is 24.0 Å². The number of nitrogens with zero attached hydrogens (tertiary/aromatic N) is 2. The zero-order chi connectivity index (χ0) is 40.1. The number of carbonyl (C=O) groups is 6. The van der Waals surface area contributed by atoms with Gasteiger partial charge in [0.2, 0.25) is 23.6 Å². The van der Waals surface area contributed by atoms with E-state index in [1.807, 2.05) is 6.92 Å². The van der Waals surface area contributed by atoms with Crippen LogP contribution in [0.2, 0.25) is 0 Å². The van der Waals surface area contributed by atoms with Crippen LogP contribution in [-0.4, -0.2) is 93.6 Å². The number of nitrogens with one attached hydrogen (secondary N) is 4. The largest absolute Gasteiger partial charge is 0.509 e. The molecule has 0 unspecified atom stereocenters. The summed E-state index contributed by atoms with van der Waals surface area (Å²) >= 11 is 0. The number of benzene rings is 1. The van der Waals surface area contributed by atoms with Crippen molar-refractivity contribution < 1.29 is 57.2 Å². The van der Waals surface area contributed by atoms with E-state index in [9.17, 15) is 43.1 Å². The van der Waals surface area contributed by atoms with Gasteiger partial charge in [-0.15, -0.1) is 0 Å². The van der Waals surface area contributed by atoms with E-state index in [1.165, 1.54) is 45.0 Å². The average molecular weight is 765 g/mol. The van der Waals surface area contributed by atoms with Crippen LogP contribution in [0.4, 0.5) is 25.5 Å². The molecule has 0 bridgehead atoms. The Morgan fingerprint density at radius 2 is 1.70 bits per heavy atom. The van der Waals surface area contributed by atoms with Gasteiger partial charge in [-0.05, 0) is 44.9 Å². The molecule has 3 rings (SSSR count). The van der Waals surface area contributed by atoms with Crippen molar-refractivity contribution in [1.82, 2.24) is 20.2 Å². The molecule has 0 aliphatic carbocycles. The molecule has 1 aromatic heterocycles. The second kappa shape index (κ2) is 20.0. The van der Waals surface area contributed by atoms with Crippen molar-refractivity contribution in [2.24, 2.45) is 11.5 Å². The topological polar surface area (TPSA) is 295 Å². The quantitative estimate of drug-likeness (QED) is 0.0841. The molecule has 1 aliphatic rings. The third-order valence-electron chi connectivity index (χ3n) is 7.84. The summed E-state index contributed by atoms with van der Waals surface area (Å²) in [5.41, 5.74) is 10.3. The zero-order valence-electron chi connectivity index (χ0n) is 30.0. The lowest BCUT2D eigenvalue weighted by Gasteiger charge is -2.21. The van der Waals surface area contributed by atoms with Crippen LogP contribution in [0, 0.1) is 5.82 Å². The number of hydrogen-bond acceptors (Lipinski definition) is 14.